The number of halogens is 1. The molecule has 1 saturated heterocycles. The van der Waals surface area contributed by atoms with Gasteiger partial charge in [0.15, 0.2) is 0 Å². The van der Waals surface area contributed by atoms with E-state index in [4.69, 9.17) is 0 Å². The number of benzene rings is 2. The highest BCUT2D eigenvalue weighted by atomic mass is 19.1. The molecule has 0 spiro atoms. The van der Waals surface area contributed by atoms with Gasteiger partial charge in [-0.1, -0.05) is 0 Å². The van der Waals surface area contributed by atoms with Crippen molar-refractivity contribution in [3.05, 3.63) is 60.0 Å². The number of aromatic amines is 1. The molecule has 1 amide bonds. The van der Waals surface area contributed by atoms with Gasteiger partial charge in [0.25, 0.3) is 0 Å². The highest BCUT2D eigenvalue weighted by molar-refractivity contribution is 5.95. The van der Waals surface area contributed by atoms with Gasteiger partial charge in [0.2, 0.25) is 5.91 Å². The Hall–Kier alpha value is -2.86. The maximum atomic E-state index is 13.5. The van der Waals surface area contributed by atoms with Crippen LogP contribution in [0.1, 0.15) is 5.56 Å². The molecule has 6 heteroatoms. The quantitative estimate of drug-likeness (QED) is 0.745. The van der Waals surface area contributed by atoms with Crippen molar-refractivity contribution in [1.29, 1.82) is 0 Å². The lowest BCUT2D eigenvalue weighted by atomic mass is 10.1. The van der Waals surface area contributed by atoms with E-state index in [0.717, 1.165) is 48.3 Å². The average Bonchev–Trinajstić information content (AvgIpc) is 3.05. The molecule has 0 bridgehead atoms. The predicted octanol–water partition coefficient (Wildman–Crippen LogP) is 3.24. The molecule has 3 aromatic rings. The summed E-state index contributed by atoms with van der Waals surface area (Å²) in [6.07, 6.45) is 1.96. The minimum atomic E-state index is -0.303. The number of H-pyrrole nitrogens is 1. The van der Waals surface area contributed by atoms with Gasteiger partial charge in [0.05, 0.1) is 6.42 Å². The minimum Gasteiger partial charge on any atom is -0.369 e. The Bertz CT molecular complexity index is 942. The third-order valence-electron chi connectivity index (χ3n) is 5.10. The van der Waals surface area contributed by atoms with Gasteiger partial charge in [-0.3, -0.25) is 4.79 Å². The number of amides is 1. The van der Waals surface area contributed by atoms with E-state index < -0.39 is 0 Å². The normalized spacial score (nSPS) is 15.3. The van der Waals surface area contributed by atoms with Gasteiger partial charge in [0.1, 0.15) is 5.82 Å². The Balaban J connectivity index is 1.40. The molecule has 0 saturated carbocycles. The molecule has 27 heavy (non-hydrogen) atoms. The van der Waals surface area contributed by atoms with Crippen molar-refractivity contribution in [3.63, 3.8) is 0 Å². The SMILES string of the molecule is CN1CCN(c2ccc(NC(=O)Cc3c[nH]c4ccc(F)cc34)cc2)CC1. The van der Waals surface area contributed by atoms with E-state index in [9.17, 15) is 9.18 Å². The summed E-state index contributed by atoms with van der Waals surface area (Å²) in [5.41, 5.74) is 3.56. The Kier molecular flexibility index (Phi) is 4.81. The van der Waals surface area contributed by atoms with Crippen molar-refractivity contribution in [3.8, 4) is 0 Å². The van der Waals surface area contributed by atoms with Crippen LogP contribution in [0.4, 0.5) is 15.8 Å². The number of carbonyl (C=O) groups is 1. The summed E-state index contributed by atoms with van der Waals surface area (Å²) in [5, 5.41) is 3.67. The van der Waals surface area contributed by atoms with E-state index in [2.05, 4.69) is 27.1 Å². The van der Waals surface area contributed by atoms with Crippen molar-refractivity contribution >= 4 is 28.2 Å². The second-order valence-electron chi connectivity index (χ2n) is 7.07. The van der Waals surface area contributed by atoms with Crippen LogP contribution in [0, 0.1) is 5.82 Å². The monoisotopic (exact) mass is 366 g/mol. The molecule has 2 N–H and O–H groups in total. The largest absolute Gasteiger partial charge is 0.369 e. The number of hydrogen-bond donors (Lipinski definition) is 2. The lowest BCUT2D eigenvalue weighted by Gasteiger charge is -2.34. The van der Waals surface area contributed by atoms with Gasteiger partial charge in [-0.05, 0) is 55.1 Å². The summed E-state index contributed by atoms with van der Waals surface area (Å²) in [7, 11) is 2.14. The number of carbonyl (C=O) groups excluding carboxylic acids is 1. The fourth-order valence-electron chi connectivity index (χ4n) is 3.50. The summed E-state index contributed by atoms with van der Waals surface area (Å²) in [6.45, 7) is 4.14. The van der Waals surface area contributed by atoms with E-state index >= 15 is 0 Å². The molecule has 2 heterocycles. The molecular formula is C21H23FN4O. The smallest absolute Gasteiger partial charge is 0.228 e. The van der Waals surface area contributed by atoms with Crippen LogP contribution in [-0.4, -0.2) is 49.0 Å². The van der Waals surface area contributed by atoms with E-state index in [1.807, 2.05) is 24.3 Å². The Labute approximate surface area is 157 Å². The highest BCUT2D eigenvalue weighted by Crippen LogP contribution is 2.22. The molecule has 5 nitrogen and oxygen atoms in total. The van der Waals surface area contributed by atoms with Crippen LogP contribution in [0.5, 0.6) is 0 Å². The fraction of sp³-hybridized carbons (Fsp3) is 0.286. The van der Waals surface area contributed by atoms with Gasteiger partial charge in [-0.2, -0.15) is 0 Å². The maximum Gasteiger partial charge on any atom is 0.228 e. The maximum absolute atomic E-state index is 13.5. The second kappa shape index (κ2) is 7.40. The zero-order chi connectivity index (χ0) is 18.8. The zero-order valence-corrected chi connectivity index (χ0v) is 15.3. The lowest BCUT2D eigenvalue weighted by molar-refractivity contribution is -0.115. The number of nitrogens with zero attached hydrogens (tertiary/aromatic N) is 2. The zero-order valence-electron chi connectivity index (χ0n) is 15.3. The van der Waals surface area contributed by atoms with Crippen LogP contribution in [-0.2, 0) is 11.2 Å². The number of rotatable bonds is 4. The summed E-state index contributed by atoms with van der Waals surface area (Å²) < 4.78 is 13.5. The molecule has 2 aromatic carbocycles. The standard InChI is InChI=1S/C21H23FN4O/c1-25-8-10-26(11-9-25)18-5-3-17(4-6-18)24-21(27)12-15-14-23-20-7-2-16(22)13-19(15)20/h2-7,13-14,23H,8-12H2,1H3,(H,24,27). The van der Waals surface area contributed by atoms with Gasteiger partial charge < -0.3 is 20.1 Å². The average molecular weight is 366 g/mol. The number of nitrogens with one attached hydrogen (secondary N) is 2. The van der Waals surface area contributed by atoms with Crippen LogP contribution in [0.25, 0.3) is 10.9 Å². The van der Waals surface area contributed by atoms with Crippen molar-refractivity contribution in [2.24, 2.45) is 0 Å². The molecule has 1 aliphatic rings. The first-order valence-corrected chi connectivity index (χ1v) is 9.17. The Morgan fingerprint density at radius 1 is 1.11 bits per heavy atom. The number of hydrogen-bond acceptors (Lipinski definition) is 3. The Morgan fingerprint density at radius 3 is 2.59 bits per heavy atom. The molecular weight excluding hydrogens is 343 g/mol. The van der Waals surface area contributed by atoms with E-state index in [-0.39, 0.29) is 18.1 Å². The highest BCUT2D eigenvalue weighted by Gasteiger charge is 2.14. The first-order valence-electron chi connectivity index (χ1n) is 9.17. The van der Waals surface area contributed by atoms with Crippen LogP contribution in [0.2, 0.25) is 0 Å². The topological polar surface area (TPSA) is 51.4 Å². The first-order chi connectivity index (χ1) is 13.1. The van der Waals surface area contributed by atoms with Crippen molar-refractivity contribution in [2.45, 2.75) is 6.42 Å². The van der Waals surface area contributed by atoms with Gasteiger partial charge in [-0.15, -0.1) is 0 Å². The van der Waals surface area contributed by atoms with Crippen LogP contribution in [0.15, 0.2) is 48.7 Å². The number of fused-ring (bicyclic) bond motifs is 1. The van der Waals surface area contributed by atoms with Crippen LogP contribution >= 0.6 is 0 Å². The molecule has 0 unspecified atom stereocenters. The third-order valence-corrected chi connectivity index (χ3v) is 5.10. The fourth-order valence-corrected chi connectivity index (χ4v) is 3.50. The van der Waals surface area contributed by atoms with Gasteiger partial charge in [-0.25, -0.2) is 4.39 Å². The third kappa shape index (κ3) is 3.95. The summed E-state index contributed by atoms with van der Waals surface area (Å²) in [6, 6.07) is 12.5. The van der Waals surface area contributed by atoms with E-state index in [0.29, 0.717) is 0 Å². The van der Waals surface area contributed by atoms with Crippen molar-refractivity contribution in [1.82, 2.24) is 9.88 Å². The van der Waals surface area contributed by atoms with E-state index in [1.54, 1.807) is 12.3 Å². The molecule has 140 valence electrons. The van der Waals surface area contributed by atoms with E-state index in [1.165, 1.54) is 17.8 Å². The number of anilines is 2. The molecule has 1 aliphatic heterocycles. The number of likely N-dealkylation sites (N-methyl/N-ethyl adjacent to an activating group) is 1. The van der Waals surface area contributed by atoms with Crippen LogP contribution < -0.4 is 10.2 Å². The number of piperazine rings is 1. The van der Waals surface area contributed by atoms with Crippen molar-refractivity contribution < 1.29 is 9.18 Å². The summed E-state index contributed by atoms with van der Waals surface area (Å²) in [4.78, 5) is 20.1. The van der Waals surface area contributed by atoms with Gasteiger partial charge in [0, 0.05) is 54.7 Å². The minimum absolute atomic E-state index is 0.118. The summed E-state index contributed by atoms with van der Waals surface area (Å²) in [5.74, 6) is -0.421. The Morgan fingerprint density at radius 2 is 1.85 bits per heavy atom. The molecule has 1 fully saturated rings. The molecule has 1 aromatic heterocycles. The first kappa shape index (κ1) is 17.5. The van der Waals surface area contributed by atoms with Crippen LogP contribution in [0.3, 0.4) is 0 Å². The molecule has 4 rings (SSSR count). The van der Waals surface area contributed by atoms with Gasteiger partial charge >= 0.3 is 0 Å². The second-order valence-corrected chi connectivity index (χ2v) is 7.07. The van der Waals surface area contributed by atoms with Crippen molar-refractivity contribution in [2.75, 3.05) is 43.4 Å². The molecule has 0 atom stereocenters. The molecule has 0 radical (unpaired) electrons. The molecule has 0 aliphatic carbocycles. The predicted molar refractivity (Wildman–Crippen MR) is 107 cm³/mol. The summed E-state index contributed by atoms with van der Waals surface area (Å²) >= 11 is 0. The number of aromatic nitrogens is 1. The lowest BCUT2D eigenvalue weighted by Crippen LogP contribution is -2.44.